The molecule has 1 heterocycles. The number of anilines is 1. The Morgan fingerprint density at radius 1 is 0.857 bits per heavy atom. The Labute approximate surface area is 171 Å². The monoisotopic (exact) mass is 403 g/mol. The predicted octanol–water partition coefficient (Wildman–Crippen LogP) is 5.75. The van der Waals surface area contributed by atoms with Crippen molar-refractivity contribution < 1.29 is 4.79 Å². The minimum atomic E-state index is -0.121. The zero-order chi connectivity index (χ0) is 19.2. The average Bonchev–Trinajstić information content (AvgIpc) is 3.23. The van der Waals surface area contributed by atoms with E-state index in [1.807, 2.05) is 60.7 Å². The lowest BCUT2D eigenvalue weighted by atomic mass is 10.2. The van der Waals surface area contributed by atoms with Gasteiger partial charge in [0.2, 0.25) is 0 Å². The van der Waals surface area contributed by atoms with E-state index in [0.29, 0.717) is 5.56 Å². The summed E-state index contributed by atoms with van der Waals surface area (Å²) in [6.07, 6.45) is 0. The van der Waals surface area contributed by atoms with Crippen molar-refractivity contribution in [3.63, 3.8) is 0 Å². The van der Waals surface area contributed by atoms with Crippen molar-refractivity contribution >= 4 is 34.7 Å². The third-order valence-corrected chi connectivity index (χ3v) is 6.21. The van der Waals surface area contributed by atoms with Gasteiger partial charge >= 0.3 is 0 Å². The number of carbonyl (C=O) groups excluding carboxylic acids is 1. The zero-order valence-corrected chi connectivity index (χ0v) is 16.5. The third-order valence-electron chi connectivity index (χ3n) is 4.04. The highest BCUT2D eigenvalue weighted by atomic mass is 32.2. The van der Waals surface area contributed by atoms with Crippen LogP contribution in [0.5, 0.6) is 0 Å². The molecule has 3 aromatic carbocycles. The molecule has 4 nitrogen and oxygen atoms in total. The number of hydrogen-bond donors (Lipinski definition) is 1. The maximum Gasteiger partial charge on any atom is 0.255 e. The largest absolute Gasteiger partial charge is 0.322 e. The van der Waals surface area contributed by atoms with Crippen molar-refractivity contribution in [1.29, 1.82) is 0 Å². The van der Waals surface area contributed by atoms with Crippen molar-refractivity contribution in [2.75, 3.05) is 5.32 Å². The zero-order valence-electron chi connectivity index (χ0n) is 14.9. The lowest BCUT2D eigenvalue weighted by Crippen LogP contribution is -2.11. The normalized spacial score (nSPS) is 10.6. The van der Waals surface area contributed by atoms with Crippen LogP contribution < -0.4 is 5.32 Å². The van der Waals surface area contributed by atoms with Gasteiger partial charge in [0.25, 0.3) is 5.91 Å². The molecule has 0 saturated carbocycles. The molecule has 1 amide bonds. The number of rotatable bonds is 6. The van der Waals surface area contributed by atoms with Crippen LogP contribution >= 0.6 is 23.1 Å². The molecule has 0 fully saturated rings. The first-order valence-electron chi connectivity index (χ1n) is 8.75. The summed E-state index contributed by atoms with van der Waals surface area (Å²) in [6, 6.07) is 27.2. The van der Waals surface area contributed by atoms with Gasteiger partial charge in [0.15, 0.2) is 4.34 Å². The van der Waals surface area contributed by atoms with Crippen LogP contribution in [-0.2, 0) is 5.75 Å². The molecule has 0 radical (unpaired) electrons. The molecule has 0 bridgehead atoms. The topological polar surface area (TPSA) is 54.9 Å². The van der Waals surface area contributed by atoms with Crippen molar-refractivity contribution in [3.8, 4) is 10.6 Å². The summed E-state index contributed by atoms with van der Waals surface area (Å²) in [5, 5.41) is 12.4. The molecule has 0 saturated heterocycles. The van der Waals surface area contributed by atoms with E-state index in [4.69, 9.17) is 0 Å². The summed E-state index contributed by atoms with van der Waals surface area (Å²) in [7, 11) is 0. The quantitative estimate of drug-likeness (QED) is 0.417. The first-order valence-corrected chi connectivity index (χ1v) is 10.6. The van der Waals surface area contributed by atoms with Crippen LogP contribution in [0.1, 0.15) is 15.9 Å². The molecule has 0 aliphatic heterocycles. The Bertz CT molecular complexity index is 1050. The molecule has 0 unspecified atom stereocenters. The standard InChI is InChI=1S/C22H17N3OS2/c26-20(17-9-5-2-6-10-17)23-19-13-11-18(12-14-19)21-24-25-22(28-21)27-15-16-7-3-1-4-8-16/h1-14H,15H2,(H,23,26). The van der Waals surface area contributed by atoms with Gasteiger partial charge in [-0.1, -0.05) is 71.6 Å². The van der Waals surface area contributed by atoms with E-state index in [2.05, 4.69) is 27.6 Å². The molecule has 0 aliphatic carbocycles. The van der Waals surface area contributed by atoms with Crippen LogP contribution in [0.15, 0.2) is 89.3 Å². The van der Waals surface area contributed by atoms with Crippen LogP contribution in [0, 0.1) is 0 Å². The van der Waals surface area contributed by atoms with Crippen LogP contribution in [-0.4, -0.2) is 16.1 Å². The Hall–Kier alpha value is -2.96. The Morgan fingerprint density at radius 2 is 1.54 bits per heavy atom. The summed E-state index contributed by atoms with van der Waals surface area (Å²) in [6.45, 7) is 0. The molecular weight excluding hydrogens is 386 g/mol. The number of carbonyl (C=O) groups is 1. The lowest BCUT2D eigenvalue weighted by molar-refractivity contribution is 0.102. The van der Waals surface area contributed by atoms with E-state index < -0.39 is 0 Å². The van der Waals surface area contributed by atoms with E-state index in [1.54, 1.807) is 35.2 Å². The minimum Gasteiger partial charge on any atom is -0.322 e. The fourth-order valence-electron chi connectivity index (χ4n) is 2.59. The van der Waals surface area contributed by atoms with Crippen LogP contribution in [0.3, 0.4) is 0 Å². The van der Waals surface area contributed by atoms with Crippen LogP contribution in [0.4, 0.5) is 5.69 Å². The molecule has 0 aliphatic rings. The minimum absolute atomic E-state index is 0.121. The van der Waals surface area contributed by atoms with Gasteiger partial charge in [0.1, 0.15) is 5.01 Å². The second-order valence-corrected chi connectivity index (χ2v) is 8.24. The second kappa shape index (κ2) is 8.82. The molecule has 6 heteroatoms. The lowest BCUT2D eigenvalue weighted by Gasteiger charge is -2.05. The molecule has 4 rings (SSSR count). The molecule has 28 heavy (non-hydrogen) atoms. The van der Waals surface area contributed by atoms with Crippen molar-refractivity contribution in [2.24, 2.45) is 0 Å². The number of amides is 1. The number of benzene rings is 3. The number of hydrogen-bond acceptors (Lipinski definition) is 5. The number of nitrogens with zero attached hydrogens (tertiary/aromatic N) is 2. The van der Waals surface area contributed by atoms with Gasteiger partial charge in [-0.25, -0.2) is 0 Å². The van der Waals surface area contributed by atoms with E-state index >= 15 is 0 Å². The maximum absolute atomic E-state index is 12.2. The Morgan fingerprint density at radius 3 is 2.25 bits per heavy atom. The third kappa shape index (κ3) is 4.65. The number of aromatic nitrogens is 2. The first-order chi connectivity index (χ1) is 13.8. The fraction of sp³-hybridized carbons (Fsp3) is 0.0455. The van der Waals surface area contributed by atoms with Gasteiger partial charge < -0.3 is 5.32 Å². The molecule has 1 N–H and O–H groups in total. The first kappa shape index (κ1) is 18.4. The van der Waals surface area contributed by atoms with E-state index in [1.165, 1.54) is 5.56 Å². The predicted molar refractivity (Wildman–Crippen MR) is 116 cm³/mol. The van der Waals surface area contributed by atoms with Gasteiger partial charge in [-0.2, -0.15) is 0 Å². The van der Waals surface area contributed by atoms with E-state index in [9.17, 15) is 4.79 Å². The highest BCUT2D eigenvalue weighted by molar-refractivity contribution is 8.00. The summed E-state index contributed by atoms with van der Waals surface area (Å²) in [4.78, 5) is 12.2. The summed E-state index contributed by atoms with van der Waals surface area (Å²) in [5.74, 6) is 0.754. The Kier molecular flexibility index (Phi) is 5.80. The molecule has 0 atom stereocenters. The molecular formula is C22H17N3OS2. The molecule has 1 aromatic heterocycles. The highest BCUT2D eigenvalue weighted by Crippen LogP contribution is 2.31. The molecule has 0 spiro atoms. The van der Waals surface area contributed by atoms with Crippen LogP contribution in [0.2, 0.25) is 0 Å². The van der Waals surface area contributed by atoms with Crippen molar-refractivity contribution in [1.82, 2.24) is 10.2 Å². The Balaban J connectivity index is 1.39. The molecule has 138 valence electrons. The van der Waals surface area contributed by atoms with Gasteiger partial charge in [-0.3, -0.25) is 4.79 Å². The van der Waals surface area contributed by atoms with Gasteiger partial charge in [0, 0.05) is 22.6 Å². The number of thioether (sulfide) groups is 1. The fourth-order valence-corrected chi connectivity index (χ4v) is 4.41. The van der Waals surface area contributed by atoms with Gasteiger partial charge in [0.05, 0.1) is 0 Å². The SMILES string of the molecule is O=C(Nc1ccc(-c2nnc(SCc3ccccc3)s2)cc1)c1ccccc1. The van der Waals surface area contributed by atoms with E-state index in [-0.39, 0.29) is 5.91 Å². The summed E-state index contributed by atoms with van der Waals surface area (Å²) in [5.41, 5.74) is 3.64. The van der Waals surface area contributed by atoms with E-state index in [0.717, 1.165) is 26.4 Å². The van der Waals surface area contributed by atoms with Gasteiger partial charge in [-0.15, -0.1) is 10.2 Å². The van der Waals surface area contributed by atoms with Crippen molar-refractivity contribution in [2.45, 2.75) is 10.1 Å². The summed E-state index contributed by atoms with van der Waals surface area (Å²) < 4.78 is 0.945. The van der Waals surface area contributed by atoms with Crippen LogP contribution in [0.25, 0.3) is 10.6 Å². The molecule has 4 aromatic rings. The highest BCUT2D eigenvalue weighted by Gasteiger charge is 2.09. The second-order valence-electron chi connectivity index (χ2n) is 6.04. The van der Waals surface area contributed by atoms with Gasteiger partial charge in [-0.05, 0) is 42.0 Å². The van der Waals surface area contributed by atoms with Crippen molar-refractivity contribution in [3.05, 3.63) is 96.1 Å². The number of nitrogens with one attached hydrogen (secondary N) is 1. The smallest absolute Gasteiger partial charge is 0.255 e. The summed E-state index contributed by atoms with van der Waals surface area (Å²) >= 11 is 3.26. The maximum atomic E-state index is 12.2. The average molecular weight is 404 g/mol.